The minimum absolute atomic E-state index is 0.268. The average molecular weight is 414 g/mol. The first-order valence-electron chi connectivity index (χ1n) is 9.35. The van der Waals surface area contributed by atoms with Crippen molar-refractivity contribution in [1.29, 1.82) is 0 Å². The van der Waals surface area contributed by atoms with Crippen molar-refractivity contribution in [3.63, 3.8) is 0 Å². The third-order valence-corrected chi connectivity index (χ3v) is 5.77. The van der Waals surface area contributed by atoms with Crippen molar-refractivity contribution in [2.24, 2.45) is 0 Å². The van der Waals surface area contributed by atoms with E-state index < -0.39 is 0 Å². The van der Waals surface area contributed by atoms with E-state index in [4.69, 9.17) is 14.0 Å². The second-order valence-electron chi connectivity index (χ2n) is 6.64. The number of carbonyl (C=O) groups excluding carboxylic acids is 1. The van der Waals surface area contributed by atoms with Gasteiger partial charge in [0.05, 0.1) is 25.9 Å². The molecule has 0 unspecified atom stereocenters. The second kappa shape index (κ2) is 8.62. The van der Waals surface area contributed by atoms with Crippen LogP contribution in [-0.2, 0) is 24.2 Å². The molecule has 1 aliphatic rings. The number of anilines is 1. The molecule has 1 aromatic carbocycles. The zero-order valence-electron chi connectivity index (χ0n) is 16.3. The predicted molar refractivity (Wildman–Crippen MR) is 109 cm³/mol. The van der Waals surface area contributed by atoms with Crippen molar-refractivity contribution in [3.8, 4) is 17.2 Å². The van der Waals surface area contributed by atoms with Gasteiger partial charge in [0.15, 0.2) is 5.82 Å². The number of rotatable bonds is 6. The van der Waals surface area contributed by atoms with Gasteiger partial charge in [-0.2, -0.15) is 4.98 Å². The normalized spacial score (nSPS) is 13.0. The van der Waals surface area contributed by atoms with Gasteiger partial charge in [-0.15, -0.1) is 11.3 Å². The van der Waals surface area contributed by atoms with Crippen molar-refractivity contribution in [2.45, 2.75) is 26.4 Å². The van der Waals surface area contributed by atoms with E-state index in [9.17, 15) is 4.79 Å². The third kappa shape index (κ3) is 4.41. The van der Waals surface area contributed by atoms with Gasteiger partial charge < -0.3 is 19.3 Å². The van der Waals surface area contributed by atoms with Gasteiger partial charge >= 0.3 is 6.03 Å². The number of benzene rings is 1. The number of methoxy groups -OCH3 is 1. The Labute approximate surface area is 172 Å². The van der Waals surface area contributed by atoms with Gasteiger partial charge in [0.25, 0.3) is 5.89 Å². The molecule has 9 heteroatoms. The molecule has 3 aromatic rings. The quantitative estimate of drug-likeness (QED) is 0.640. The molecule has 0 bridgehead atoms. The molecule has 0 radical (unpaired) electrons. The van der Waals surface area contributed by atoms with Crippen LogP contribution in [0, 0.1) is 6.92 Å². The molecule has 0 spiro atoms. The fraction of sp³-hybridized carbons (Fsp3) is 0.350. The van der Waals surface area contributed by atoms with E-state index in [1.807, 2.05) is 24.3 Å². The molecule has 4 rings (SSSR count). The van der Waals surface area contributed by atoms with Crippen molar-refractivity contribution >= 4 is 22.4 Å². The molecule has 0 fully saturated rings. The molecule has 2 N–H and O–H groups in total. The lowest BCUT2D eigenvalue weighted by molar-refractivity contribution is 0.113. The summed E-state index contributed by atoms with van der Waals surface area (Å²) in [4.78, 5) is 17.9. The van der Waals surface area contributed by atoms with Crippen molar-refractivity contribution < 1.29 is 18.8 Å². The number of fused-ring (bicyclic) bond motifs is 1. The van der Waals surface area contributed by atoms with Crippen LogP contribution < -0.4 is 15.4 Å². The Balaban J connectivity index is 1.43. The van der Waals surface area contributed by atoms with Crippen LogP contribution in [-0.4, -0.2) is 36.4 Å². The Morgan fingerprint density at radius 3 is 2.86 bits per heavy atom. The van der Waals surface area contributed by atoms with E-state index in [-0.39, 0.29) is 6.03 Å². The Hall–Kier alpha value is -2.91. The number of hydrogen-bond donors (Lipinski definition) is 2. The number of ether oxygens (including phenoxy) is 2. The standard InChI is InChI=1S/C20H22N4O4S/c1-12-22-18(28-24-12)17-15-8-10-27-11-16(15)29-19(17)23-20(25)21-9-7-13-3-5-14(26-2)6-4-13/h3-6H,7-11H2,1-2H3,(H2,21,23,25). The highest BCUT2D eigenvalue weighted by Crippen LogP contribution is 2.42. The maximum absolute atomic E-state index is 12.5. The van der Waals surface area contributed by atoms with E-state index in [1.54, 1.807) is 14.0 Å². The molecule has 0 aliphatic carbocycles. The molecular formula is C20H22N4O4S. The van der Waals surface area contributed by atoms with Crippen LogP contribution in [0.1, 0.15) is 21.8 Å². The summed E-state index contributed by atoms with van der Waals surface area (Å²) < 4.78 is 16.1. The summed E-state index contributed by atoms with van der Waals surface area (Å²) >= 11 is 1.49. The van der Waals surface area contributed by atoms with Gasteiger partial charge in [-0.1, -0.05) is 17.3 Å². The monoisotopic (exact) mass is 414 g/mol. The Bertz CT molecular complexity index is 997. The van der Waals surface area contributed by atoms with Crippen molar-refractivity contribution in [2.75, 3.05) is 25.6 Å². The summed E-state index contributed by atoms with van der Waals surface area (Å²) in [6.07, 6.45) is 1.48. The summed E-state index contributed by atoms with van der Waals surface area (Å²) in [6.45, 7) is 3.45. The number of thiophene rings is 1. The molecule has 0 saturated heterocycles. The number of amides is 2. The first-order valence-corrected chi connectivity index (χ1v) is 10.2. The molecule has 29 heavy (non-hydrogen) atoms. The molecule has 0 atom stereocenters. The number of aromatic nitrogens is 2. The van der Waals surface area contributed by atoms with Crippen LogP contribution in [0.15, 0.2) is 28.8 Å². The van der Waals surface area contributed by atoms with Gasteiger partial charge in [0.1, 0.15) is 10.8 Å². The number of hydrogen-bond acceptors (Lipinski definition) is 7. The van der Waals surface area contributed by atoms with E-state index in [0.29, 0.717) is 36.5 Å². The summed E-state index contributed by atoms with van der Waals surface area (Å²) in [6, 6.07) is 7.53. The lowest BCUT2D eigenvalue weighted by Crippen LogP contribution is -2.30. The SMILES string of the molecule is COc1ccc(CCNC(=O)Nc2sc3c(c2-c2nc(C)no2)CCOC3)cc1. The van der Waals surface area contributed by atoms with Crippen LogP contribution >= 0.6 is 11.3 Å². The van der Waals surface area contributed by atoms with Crippen LogP contribution in [0.5, 0.6) is 5.75 Å². The number of carbonyl (C=O) groups is 1. The average Bonchev–Trinajstić information content (AvgIpc) is 3.31. The van der Waals surface area contributed by atoms with Crippen molar-refractivity contribution in [3.05, 3.63) is 46.1 Å². The van der Waals surface area contributed by atoms with Gasteiger partial charge in [0, 0.05) is 11.4 Å². The first kappa shape index (κ1) is 19.4. The highest BCUT2D eigenvalue weighted by atomic mass is 32.1. The largest absolute Gasteiger partial charge is 0.497 e. The van der Waals surface area contributed by atoms with Crippen LogP contribution in [0.25, 0.3) is 11.5 Å². The second-order valence-corrected chi connectivity index (χ2v) is 7.74. The maximum Gasteiger partial charge on any atom is 0.319 e. The van der Waals surface area contributed by atoms with Crippen molar-refractivity contribution in [1.82, 2.24) is 15.5 Å². The fourth-order valence-electron chi connectivity index (χ4n) is 3.21. The molecule has 8 nitrogen and oxygen atoms in total. The first-order chi connectivity index (χ1) is 14.1. The summed E-state index contributed by atoms with van der Waals surface area (Å²) in [7, 11) is 1.64. The van der Waals surface area contributed by atoms with Gasteiger partial charge in [-0.25, -0.2) is 4.79 Å². The lowest BCUT2D eigenvalue weighted by Gasteiger charge is -2.12. The molecule has 2 amide bonds. The zero-order chi connectivity index (χ0) is 20.2. The number of nitrogens with one attached hydrogen (secondary N) is 2. The van der Waals surface area contributed by atoms with Gasteiger partial charge in [-0.05, 0) is 43.0 Å². The maximum atomic E-state index is 12.5. The summed E-state index contributed by atoms with van der Waals surface area (Å²) in [5, 5.41) is 10.4. The summed E-state index contributed by atoms with van der Waals surface area (Å²) in [5.74, 6) is 1.80. The fourth-order valence-corrected chi connectivity index (χ4v) is 4.38. The predicted octanol–water partition coefficient (Wildman–Crippen LogP) is 3.55. The van der Waals surface area contributed by atoms with Crippen LogP contribution in [0.3, 0.4) is 0 Å². The Morgan fingerprint density at radius 1 is 1.31 bits per heavy atom. The van der Waals surface area contributed by atoms with E-state index in [1.165, 1.54) is 11.3 Å². The van der Waals surface area contributed by atoms with Gasteiger partial charge in [0.2, 0.25) is 0 Å². The van der Waals surface area contributed by atoms with Gasteiger partial charge in [-0.3, -0.25) is 5.32 Å². The molecule has 3 heterocycles. The minimum atomic E-state index is -0.268. The smallest absolute Gasteiger partial charge is 0.319 e. The third-order valence-electron chi connectivity index (χ3n) is 4.65. The van der Waals surface area contributed by atoms with E-state index in [0.717, 1.165) is 40.2 Å². The highest BCUT2D eigenvalue weighted by Gasteiger charge is 2.26. The number of nitrogens with zero attached hydrogens (tertiary/aromatic N) is 2. The molecule has 1 aliphatic heterocycles. The minimum Gasteiger partial charge on any atom is -0.497 e. The number of urea groups is 1. The van der Waals surface area contributed by atoms with Crippen LogP contribution in [0.2, 0.25) is 0 Å². The molecule has 2 aromatic heterocycles. The molecule has 152 valence electrons. The van der Waals surface area contributed by atoms with Crippen LogP contribution in [0.4, 0.5) is 9.80 Å². The molecular weight excluding hydrogens is 392 g/mol. The topological polar surface area (TPSA) is 98.5 Å². The number of aryl methyl sites for hydroxylation is 1. The summed E-state index contributed by atoms with van der Waals surface area (Å²) in [5.41, 5.74) is 3.04. The Kier molecular flexibility index (Phi) is 5.77. The highest BCUT2D eigenvalue weighted by molar-refractivity contribution is 7.17. The molecule has 0 saturated carbocycles. The van der Waals surface area contributed by atoms with E-state index in [2.05, 4.69) is 20.8 Å². The Morgan fingerprint density at radius 2 is 2.14 bits per heavy atom. The van der Waals surface area contributed by atoms with E-state index >= 15 is 0 Å². The lowest BCUT2D eigenvalue weighted by atomic mass is 10.1. The zero-order valence-corrected chi connectivity index (χ0v) is 17.1.